The quantitative estimate of drug-likeness (QED) is 0.0702. The van der Waals surface area contributed by atoms with Crippen molar-refractivity contribution in [1.82, 2.24) is 20.5 Å². The van der Waals surface area contributed by atoms with E-state index in [9.17, 15) is 15.0 Å². The molecule has 1 aliphatic heterocycles. The molecule has 3 N–H and O–H groups in total. The molecule has 5 aromatic rings. The fourth-order valence-corrected chi connectivity index (χ4v) is 6.42. The highest BCUT2D eigenvalue weighted by atomic mass is 35.5. The number of nitrogens with zero attached hydrogens (tertiary/aromatic N) is 3. The zero-order chi connectivity index (χ0) is 37.9. The van der Waals surface area contributed by atoms with Gasteiger partial charge in [-0.25, -0.2) is 9.02 Å². The number of esters is 1. The number of carbonyl (C=O) groups excluding carboxylic acids is 1. The van der Waals surface area contributed by atoms with Crippen LogP contribution in [0.1, 0.15) is 42.9 Å². The zero-order valence-electron chi connectivity index (χ0n) is 30.0. The molecule has 1 fully saturated rings. The summed E-state index contributed by atoms with van der Waals surface area (Å²) >= 11 is 6.69. The number of ether oxygens (including phenoxy) is 4. The fraction of sp³-hybridized carbons (Fsp3) is 0.375. The van der Waals surface area contributed by atoms with Crippen molar-refractivity contribution in [2.24, 2.45) is 0 Å². The molecule has 2 heterocycles. The fourth-order valence-electron chi connectivity index (χ4n) is 6.18. The average Bonchev–Trinajstić information content (AvgIpc) is 3.65. The highest BCUT2D eigenvalue weighted by Crippen LogP contribution is 2.35. The third-order valence-electron chi connectivity index (χ3n) is 9.17. The standard InChI is InChI=1S/C40H44ClFN4O8/c1-2-50-40(49)36(23-47)43-22-29-20-33(41)38(21-37(29)52-24-26-10-11-34-35(18-26)45-54-44-34)53-25-28-7-4-9-32(39(28)42)27-6-3-8-31(19-27)51-17-5-14-46-15-12-30(48)13-16-46/h3-4,6-11,18-21,30,36,43,47-48H,2,5,12-17,22-25H2,1H3. The third kappa shape index (κ3) is 10.2. The van der Waals surface area contributed by atoms with Crippen molar-refractivity contribution >= 4 is 28.6 Å². The van der Waals surface area contributed by atoms with Crippen molar-refractivity contribution < 1.29 is 43.0 Å². The zero-order valence-corrected chi connectivity index (χ0v) is 30.8. The topological polar surface area (TPSA) is 149 Å². The van der Waals surface area contributed by atoms with E-state index >= 15 is 4.39 Å². The van der Waals surface area contributed by atoms with Crippen molar-refractivity contribution in [1.29, 1.82) is 0 Å². The molecule has 0 bridgehead atoms. The Balaban J connectivity index is 1.14. The Hall–Kier alpha value is -4.79. The van der Waals surface area contributed by atoms with Crippen LogP contribution in [0.3, 0.4) is 0 Å². The molecule has 12 nitrogen and oxygen atoms in total. The van der Waals surface area contributed by atoms with E-state index in [0.29, 0.717) is 51.4 Å². The molecule has 54 heavy (non-hydrogen) atoms. The van der Waals surface area contributed by atoms with E-state index in [4.69, 9.17) is 35.2 Å². The molecule has 6 rings (SSSR count). The number of fused-ring (bicyclic) bond motifs is 1. The van der Waals surface area contributed by atoms with Crippen LogP contribution >= 0.6 is 11.6 Å². The average molecular weight is 763 g/mol. The maximum absolute atomic E-state index is 16.0. The molecule has 0 saturated carbocycles. The summed E-state index contributed by atoms with van der Waals surface area (Å²) in [6.07, 6.45) is 2.26. The second kappa shape index (κ2) is 19.0. The number of hydrogen-bond acceptors (Lipinski definition) is 12. The molecule has 1 aromatic heterocycles. The van der Waals surface area contributed by atoms with Crippen LogP contribution in [0.2, 0.25) is 5.02 Å². The predicted octanol–water partition coefficient (Wildman–Crippen LogP) is 6.08. The van der Waals surface area contributed by atoms with E-state index in [1.807, 2.05) is 30.3 Å². The Labute approximate surface area is 317 Å². The van der Waals surface area contributed by atoms with E-state index in [2.05, 4.69) is 20.5 Å². The molecule has 1 aliphatic rings. The van der Waals surface area contributed by atoms with Crippen LogP contribution < -0.4 is 19.5 Å². The highest BCUT2D eigenvalue weighted by molar-refractivity contribution is 6.32. The van der Waals surface area contributed by atoms with E-state index in [0.717, 1.165) is 44.5 Å². The van der Waals surface area contributed by atoms with Crippen molar-refractivity contribution in [2.75, 3.05) is 39.5 Å². The lowest BCUT2D eigenvalue weighted by Gasteiger charge is -2.29. The smallest absolute Gasteiger partial charge is 0.325 e. The molecule has 286 valence electrons. The van der Waals surface area contributed by atoms with Gasteiger partial charge in [-0.1, -0.05) is 48.0 Å². The van der Waals surface area contributed by atoms with E-state index in [1.165, 1.54) is 0 Å². The lowest BCUT2D eigenvalue weighted by molar-refractivity contribution is -0.146. The summed E-state index contributed by atoms with van der Waals surface area (Å²) in [5.41, 5.74) is 3.97. The molecular weight excluding hydrogens is 719 g/mol. The minimum atomic E-state index is -0.960. The van der Waals surface area contributed by atoms with Crippen LogP contribution in [-0.2, 0) is 29.3 Å². The summed E-state index contributed by atoms with van der Waals surface area (Å²) in [7, 11) is 0. The number of carbonyl (C=O) groups is 1. The van der Waals surface area contributed by atoms with Crippen LogP contribution in [0.5, 0.6) is 17.2 Å². The summed E-state index contributed by atoms with van der Waals surface area (Å²) in [4.78, 5) is 14.6. The Morgan fingerprint density at radius 2 is 1.78 bits per heavy atom. The Morgan fingerprint density at radius 3 is 2.59 bits per heavy atom. The summed E-state index contributed by atoms with van der Waals surface area (Å²) in [5.74, 6) is 0.291. The third-order valence-corrected chi connectivity index (χ3v) is 9.47. The first-order valence-corrected chi connectivity index (χ1v) is 18.4. The monoisotopic (exact) mass is 762 g/mol. The molecule has 14 heteroatoms. The molecule has 0 radical (unpaired) electrons. The summed E-state index contributed by atoms with van der Waals surface area (Å²) in [5, 5.41) is 30.5. The van der Waals surface area contributed by atoms with Gasteiger partial charge in [-0.15, -0.1) is 0 Å². The van der Waals surface area contributed by atoms with E-state index in [1.54, 1.807) is 49.4 Å². The maximum atomic E-state index is 16.0. The van der Waals surface area contributed by atoms with Crippen LogP contribution in [0, 0.1) is 5.82 Å². The van der Waals surface area contributed by atoms with Gasteiger partial charge in [0.05, 0.1) is 30.9 Å². The van der Waals surface area contributed by atoms with Gasteiger partial charge in [0.1, 0.15) is 53.4 Å². The number of rotatable bonds is 18. The van der Waals surface area contributed by atoms with Gasteiger partial charge in [-0.3, -0.25) is 10.1 Å². The Kier molecular flexibility index (Phi) is 13.7. The van der Waals surface area contributed by atoms with Crippen LogP contribution in [0.25, 0.3) is 22.2 Å². The number of aliphatic hydroxyl groups is 2. The summed E-state index contributed by atoms with van der Waals surface area (Å²) in [6, 6.07) is 20.2. The first-order chi connectivity index (χ1) is 26.3. The SMILES string of the molecule is CCOC(=O)C(CO)NCc1cc(Cl)c(OCc2cccc(-c3cccc(OCCCN4CCC(O)CC4)c3)c2F)cc1OCc1ccc2nonc2c1. The molecule has 0 amide bonds. The van der Waals surface area contributed by atoms with Crippen LogP contribution in [-0.4, -0.2) is 83.0 Å². The van der Waals surface area contributed by atoms with Crippen LogP contribution in [0.15, 0.2) is 77.4 Å². The minimum Gasteiger partial charge on any atom is -0.494 e. The molecule has 0 spiro atoms. The molecule has 1 saturated heterocycles. The lowest BCUT2D eigenvalue weighted by atomic mass is 10.0. The highest BCUT2D eigenvalue weighted by Gasteiger charge is 2.21. The molecule has 1 atom stereocenters. The van der Waals surface area contributed by atoms with Gasteiger partial charge in [-0.2, -0.15) is 0 Å². The van der Waals surface area contributed by atoms with E-state index in [-0.39, 0.29) is 43.2 Å². The molecule has 4 aromatic carbocycles. The van der Waals surface area contributed by atoms with Gasteiger partial charge in [0.2, 0.25) is 0 Å². The number of hydrogen-bond donors (Lipinski definition) is 3. The number of piperidine rings is 1. The number of nitrogens with one attached hydrogen (secondary N) is 1. The second-order valence-electron chi connectivity index (χ2n) is 13.0. The van der Waals surface area contributed by atoms with Gasteiger partial charge >= 0.3 is 5.97 Å². The number of aromatic nitrogens is 2. The number of aliphatic hydroxyl groups excluding tert-OH is 2. The number of likely N-dealkylation sites (tertiary alicyclic amines) is 1. The van der Waals surface area contributed by atoms with Gasteiger partial charge < -0.3 is 34.1 Å². The van der Waals surface area contributed by atoms with Gasteiger partial charge in [-0.05, 0) is 78.0 Å². The Bertz CT molecular complexity index is 2000. The number of benzene rings is 4. The minimum absolute atomic E-state index is 0.106. The summed E-state index contributed by atoms with van der Waals surface area (Å²) in [6.45, 7) is 4.73. The lowest BCUT2D eigenvalue weighted by Crippen LogP contribution is -2.40. The summed E-state index contributed by atoms with van der Waals surface area (Å²) < 4.78 is 44.2. The maximum Gasteiger partial charge on any atom is 0.325 e. The van der Waals surface area contributed by atoms with Crippen molar-refractivity contribution in [3.63, 3.8) is 0 Å². The first kappa shape index (κ1) is 38.9. The largest absolute Gasteiger partial charge is 0.494 e. The van der Waals surface area contributed by atoms with Gasteiger partial charge in [0, 0.05) is 48.9 Å². The van der Waals surface area contributed by atoms with Crippen molar-refractivity contribution in [3.8, 4) is 28.4 Å². The van der Waals surface area contributed by atoms with E-state index < -0.39 is 24.4 Å². The van der Waals surface area contributed by atoms with Crippen molar-refractivity contribution in [2.45, 2.75) is 58.1 Å². The van der Waals surface area contributed by atoms with Gasteiger partial charge in [0.25, 0.3) is 0 Å². The van der Waals surface area contributed by atoms with Crippen molar-refractivity contribution in [3.05, 3.63) is 100 Å². The molecule has 0 aliphatic carbocycles. The molecular formula is C40H44ClFN4O8. The Morgan fingerprint density at radius 1 is 0.981 bits per heavy atom. The number of halogens is 2. The normalized spacial score (nSPS) is 14.2. The second-order valence-corrected chi connectivity index (χ2v) is 13.4. The first-order valence-electron chi connectivity index (χ1n) is 18.0. The van der Waals surface area contributed by atoms with Gasteiger partial charge in [0.15, 0.2) is 0 Å². The van der Waals surface area contributed by atoms with Crippen LogP contribution in [0.4, 0.5) is 4.39 Å². The molecule has 1 unspecified atom stereocenters. The predicted molar refractivity (Wildman–Crippen MR) is 200 cm³/mol.